The Morgan fingerprint density at radius 2 is 0.767 bits per heavy atom. The predicted molar refractivity (Wildman–Crippen MR) is 125 cm³/mol. The van der Waals surface area contributed by atoms with E-state index in [2.05, 4.69) is 48.5 Å². The van der Waals surface area contributed by atoms with Crippen molar-refractivity contribution in [2.75, 3.05) is 0 Å². The third-order valence-electron chi connectivity index (χ3n) is 5.88. The van der Waals surface area contributed by atoms with Crippen LogP contribution in [0, 0.1) is 0 Å². The molecule has 4 rings (SSSR count). The molecule has 0 amide bonds. The molecule has 0 fully saturated rings. The summed E-state index contributed by atoms with van der Waals surface area (Å²) >= 11 is 0. The lowest BCUT2D eigenvalue weighted by Crippen LogP contribution is -2.56. The molecule has 0 spiro atoms. The van der Waals surface area contributed by atoms with Crippen LogP contribution in [-0.4, -0.2) is 0 Å². The fourth-order valence-electron chi connectivity index (χ4n) is 4.52. The fourth-order valence-corrected chi connectivity index (χ4v) is 4.52. The van der Waals surface area contributed by atoms with Gasteiger partial charge in [0.25, 0.3) is 0 Å². The van der Waals surface area contributed by atoms with E-state index < -0.39 is 11.0 Å². The van der Waals surface area contributed by atoms with Crippen LogP contribution in [0.2, 0.25) is 0 Å². The Morgan fingerprint density at radius 1 is 0.467 bits per heavy atom. The Hall–Kier alpha value is -3.62. The first-order chi connectivity index (χ1) is 14.7. The van der Waals surface area contributed by atoms with Gasteiger partial charge in [0.2, 0.25) is 0 Å². The molecule has 0 unspecified atom stereocenters. The van der Waals surface area contributed by atoms with Crippen LogP contribution in [0.4, 0.5) is 0 Å². The van der Waals surface area contributed by atoms with Crippen LogP contribution >= 0.6 is 0 Å². The molecule has 0 aliphatic heterocycles. The second kappa shape index (κ2) is 8.40. The number of hydrogen-bond donors (Lipinski definition) is 2. The van der Waals surface area contributed by atoms with Crippen LogP contribution in [0.1, 0.15) is 22.3 Å². The SMILES string of the molecule is NC=CC(c1ccccc1)(c1ccccc1)C(N)(c1ccccc1)c1ccccc1. The van der Waals surface area contributed by atoms with E-state index in [-0.39, 0.29) is 0 Å². The van der Waals surface area contributed by atoms with Crippen LogP contribution < -0.4 is 11.5 Å². The first kappa shape index (κ1) is 19.7. The largest absolute Gasteiger partial charge is 0.405 e. The van der Waals surface area contributed by atoms with Gasteiger partial charge < -0.3 is 11.5 Å². The maximum absolute atomic E-state index is 7.56. The highest BCUT2D eigenvalue weighted by Gasteiger charge is 2.51. The summed E-state index contributed by atoms with van der Waals surface area (Å²) < 4.78 is 0. The first-order valence-electron chi connectivity index (χ1n) is 10.1. The minimum absolute atomic E-state index is 0.729. The molecule has 2 nitrogen and oxygen atoms in total. The van der Waals surface area contributed by atoms with Gasteiger partial charge in [0.1, 0.15) is 0 Å². The number of rotatable bonds is 6. The normalized spacial score (nSPS) is 12.2. The fraction of sp³-hybridized carbons (Fsp3) is 0.0714. The molecule has 0 aliphatic carbocycles. The summed E-state index contributed by atoms with van der Waals surface area (Å²) in [7, 11) is 0. The lowest BCUT2D eigenvalue weighted by molar-refractivity contribution is 0.380. The summed E-state index contributed by atoms with van der Waals surface area (Å²) in [6, 6.07) is 41.3. The monoisotopic (exact) mass is 390 g/mol. The molecule has 148 valence electrons. The Balaban J connectivity index is 2.17. The van der Waals surface area contributed by atoms with Gasteiger partial charge >= 0.3 is 0 Å². The van der Waals surface area contributed by atoms with Gasteiger partial charge in [-0.3, -0.25) is 0 Å². The molecule has 0 saturated heterocycles. The average Bonchev–Trinajstić information content (AvgIpc) is 2.84. The zero-order valence-corrected chi connectivity index (χ0v) is 16.9. The van der Waals surface area contributed by atoms with Crippen molar-refractivity contribution in [1.82, 2.24) is 0 Å². The van der Waals surface area contributed by atoms with Gasteiger partial charge in [-0.05, 0) is 28.5 Å². The minimum atomic E-state index is -0.909. The molecule has 0 saturated carbocycles. The molecule has 4 N–H and O–H groups in total. The Morgan fingerprint density at radius 3 is 1.07 bits per heavy atom. The molecular formula is C28H26N2. The van der Waals surface area contributed by atoms with Crippen molar-refractivity contribution in [3.05, 3.63) is 156 Å². The van der Waals surface area contributed by atoms with Crippen molar-refractivity contribution < 1.29 is 0 Å². The van der Waals surface area contributed by atoms with Crippen molar-refractivity contribution in [1.29, 1.82) is 0 Å². The second-order valence-corrected chi connectivity index (χ2v) is 7.44. The lowest BCUT2D eigenvalue weighted by atomic mass is 9.56. The summed E-state index contributed by atoms with van der Waals surface area (Å²) in [5, 5.41) is 0. The third kappa shape index (κ3) is 3.12. The van der Waals surface area contributed by atoms with Gasteiger partial charge in [-0.25, -0.2) is 0 Å². The molecule has 4 aromatic carbocycles. The van der Waals surface area contributed by atoms with Crippen LogP contribution in [0.15, 0.2) is 134 Å². The Labute approximate surface area is 178 Å². The van der Waals surface area contributed by atoms with Crippen molar-refractivity contribution >= 4 is 0 Å². The van der Waals surface area contributed by atoms with Crippen molar-refractivity contribution in [2.45, 2.75) is 11.0 Å². The molecule has 0 aromatic heterocycles. The van der Waals surface area contributed by atoms with E-state index >= 15 is 0 Å². The highest BCUT2D eigenvalue weighted by atomic mass is 14.8. The smallest absolute Gasteiger partial charge is 0.0841 e. The van der Waals surface area contributed by atoms with E-state index in [1.54, 1.807) is 6.20 Å². The quantitative estimate of drug-likeness (QED) is 0.466. The first-order valence-corrected chi connectivity index (χ1v) is 10.1. The summed E-state index contributed by atoms with van der Waals surface area (Å²) in [5.41, 5.74) is 16.2. The highest BCUT2D eigenvalue weighted by Crippen LogP contribution is 2.50. The molecule has 30 heavy (non-hydrogen) atoms. The van der Waals surface area contributed by atoms with Crippen molar-refractivity contribution in [3.8, 4) is 0 Å². The van der Waals surface area contributed by atoms with Crippen LogP contribution in [0.5, 0.6) is 0 Å². The maximum Gasteiger partial charge on any atom is 0.0841 e. The maximum atomic E-state index is 7.56. The molecule has 0 radical (unpaired) electrons. The minimum Gasteiger partial charge on any atom is -0.405 e. The van der Waals surface area contributed by atoms with E-state index in [1.165, 1.54) is 0 Å². The van der Waals surface area contributed by atoms with Crippen LogP contribution in [-0.2, 0) is 11.0 Å². The van der Waals surface area contributed by atoms with Gasteiger partial charge in [-0.2, -0.15) is 0 Å². The van der Waals surface area contributed by atoms with E-state index in [0.717, 1.165) is 22.3 Å². The van der Waals surface area contributed by atoms with E-state index in [0.29, 0.717) is 0 Å². The van der Waals surface area contributed by atoms with Gasteiger partial charge in [0.15, 0.2) is 0 Å². The molecule has 0 bridgehead atoms. The molecule has 0 heterocycles. The zero-order valence-electron chi connectivity index (χ0n) is 16.9. The topological polar surface area (TPSA) is 52.0 Å². The molecule has 2 heteroatoms. The highest BCUT2D eigenvalue weighted by molar-refractivity contribution is 5.57. The Bertz CT molecular complexity index is 1010. The summed E-state index contributed by atoms with van der Waals surface area (Å²) in [4.78, 5) is 0. The standard InChI is InChI=1S/C28H26N2/c29-22-21-27(23-13-5-1-6-14-23,24-15-7-2-8-16-24)28(30,25-17-9-3-10-18-25)26-19-11-4-12-20-26/h1-22H,29-30H2. The van der Waals surface area contributed by atoms with E-state index in [1.807, 2.05) is 78.9 Å². The molecule has 0 atom stereocenters. The number of benzene rings is 4. The van der Waals surface area contributed by atoms with Crippen molar-refractivity contribution in [2.24, 2.45) is 11.5 Å². The summed E-state index contributed by atoms with van der Waals surface area (Å²) in [5.74, 6) is 0. The predicted octanol–water partition coefficient (Wildman–Crippen LogP) is 5.35. The summed E-state index contributed by atoms with van der Waals surface area (Å²) in [6.45, 7) is 0. The molecule has 4 aromatic rings. The molecule has 0 aliphatic rings. The van der Waals surface area contributed by atoms with Gasteiger partial charge in [-0.15, -0.1) is 0 Å². The average molecular weight is 391 g/mol. The van der Waals surface area contributed by atoms with Gasteiger partial charge in [0, 0.05) is 0 Å². The van der Waals surface area contributed by atoms with Crippen molar-refractivity contribution in [3.63, 3.8) is 0 Å². The van der Waals surface area contributed by atoms with Gasteiger partial charge in [0.05, 0.1) is 11.0 Å². The third-order valence-corrected chi connectivity index (χ3v) is 5.88. The summed E-state index contributed by atoms with van der Waals surface area (Å²) in [6.07, 6.45) is 3.66. The second-order valence-electron chi connectivity index (χ2n) is 7.44. The van der Waals surface area contributed by atoms with E-state index in [4.69, 9.17) is 11.5 Å². The van der Waals surface area contributed by atoms with Crippen LogP contribution in [0.3, 0.4) is 0 Å². The lowest BCUT2D eigenvalue weighted by Gasteiger charge is -2.48. The zero-order chi connectivity index (χ0) is 20.9. The van der Waals surface area contributed by atoms with Gasteiger partial charge in [-0.1, -0.05) is 127 Å². The Kier molecular flexibility index (Phi) is 5.51. The molecular weight excluding hydrogens is 364 g/mol. The number of nitrogens with two attached hydrogens (primary N) is 2. The van der Waals surface area contributed by atoms with E-state index in [9.17, 15) is 0 Å². The van der Waals surface area contributed by atoms with Crippen LogP contribution in [0.25, 0.3) is 0 Å². The number of hydrogen-bond acceptors (Lipinski definition) is 2.